The van der Waals surface area contributed by atoms with Gasteiger partial charge in [0, 0.05) is 71.8 Å². The third-order valence-corrected chi connectivity index (χ3v) is 24.8. The zero-order chi connectivity index (χ0) is 81.3. The molecule has 6 aliphatic rings. The average Bonchev–Trinajstić information content (AvgIpc) is 0.794. The number of benzene rings is 5. The van der Waals surface area contributed by atoms with E-state index in [0.717, 1.165) is 11.6 Å². The normalized spacial score (nSPS) is 31.0. The summed E-state index contributed by atoms with van der Waals surface area (Å²) in [7, 11) is -9.89. The van der Waals surface area contributed by atoms with E-state index in [4.69, 9.17) is 88.9 Å². The molecule has 6 fully saturated rings. The van der Waals surface area contributed by atoms with Gasteiger partial charge in [-0.2, -0.15) is 16.8 Å². The summed E-state index contributed by atoms with van der Waals surface area (Å²) in [6, 6.07) is 40.4. The Kier molecular flexibility index (Phi) is 31.7. The number of non-ortho nitro benzene ring substituents is 1. The molecule has 6 heterocycles. The van der Waals surface area contributed by atoms with Gasteiger partial charge in [-0.25, -0.2) is 4.79 Å². The first kappa shape index (κ1) is 88.0. The van der Waals surface area contributed by atoms with Gasteiger partial charge < -0.3 is 85.3 Å². The van der Waals surface area contributed by atoms with Crippen LogP contribution in [-0.4, -0.2) is 202 Å². The summed E-state index contributed by atoms with van der Waals surface area (Å²) >= 11 is 0. The lowest BCUT2D eigenvalue weighted by atomic mass is 9.99. The Hall–Kier alpha value is -6.77. The molecule has 22 atom stereocenters. The fraction of sp³-hybridized carbons (Fsp3) is 0.598. The topological polar surface area (TPSA) is 338 Å². The Labute approximate surface area is 668 Å². The SMILES string of the molecule is CC(=O)CCC(=O)O[C@H]1CC[C@H](O[C@@H]2C[C@H](O[C@@H]3[C@@H](C)O[C@@H](O[C@H]4CC[C@H](O[C@@H]5C[C@H](O[C@@H]6C[C@H](Oc7ccc(OCOCC[Si](C)(C)C)cc7)O[C@H](C)[C@H]6OC(=O)c6ccccc6)O[C@H](C)[C@H]5OS(=O)(=O)CCc5ccc([N+](=O)[O-])cc5)O[C@H]4C)C[C@H]3OCc3ccccc3)O[C@H](C)[C@H]2OS(=O)(=O)Cc2ccccc2)O[C@H]1C. The second kappa shape index (κ2) is 41.1. The van der Waals surface area contributed by atoms with Gasteiger partial charge >= 0.3 is 11.9 Å². The molecule has 0 aliphatic carbocycles. The van der Waals surface area contributed by atoms with Crippen molar-refractivity contribution < 1.29 is 125 Å². The van der Waals surface area contributed by atoms with Crippen LogP contribution in [0.4, 0.5) is 5.69 Å². The van der Waals surface area contributed by atoms with E-state index in [-0.39, 0.29) is 82.7 Å². The lowest BCUT2D eigenvalue weighted by Gasteiger charge is -2.46. The Morgan fingerprint density at radius 2 is 0.965 bits per heavy atom. The highest BCUT2D eigenvalue weighted by Gasteiger charge is 2.51. The summed E-state index contributed by atoms with van der Waals surface area (Å²) < 4.78 is 178. The van der Waals surface area contributed by atoms with E-state index < -0.39 is 192 Å². The maximum atomic E-state index is 14.2. The molecule has 0 bridgehead atoms. The smallest absolute Gasteiger partial charge is 0.338 e. The zero-order valence-corrected chi connectivity index (χ0v) is 68.8. The third kappa shape index (κ3) is 26.6. The molecule has 6 aliphatic heterocycles. The second-order valence-electron chi connectivity index (χ2n) is 31.1. The standard InChI is InChI=1S/C82H109NO28S2Si/c1-51(84)26-37-71(85)103-65-35-38-72(96-52(65)2)106-70-47-77(101-57(7)81(70)111-113(91,92)49-60-22-16-12-17-23-60)108-78-54(4)99-75(44-67(78)94-48-59-20-14-11-15-21-59)104-66-36-39-73(97-53(66)3)105-69-46-76(100-56(6)80(69)110-112(89,90)42-40-58-27-29-62(30-28-58)83(87)88)107-68-45-74(98-55(5)79(68)109-82(86)61-24-18-13-19-25-61)102-64-33-31-63(32-34-64)95-50-93-41-43-114(8,9)10/h11-25,27-34,52-57,65-70,72-81H,26,35-50H2,1-10H3/t52-,53-,54+,55+,56+,57+,65-,66-,67+,68+,69+,70+,72-,73-,74-,75-,76-,77-,78+,79+,80+,81+/m0/s1. The van der Waals surface area contributed by atoms with Crippen LogP contribution in [0.5, 0.6) is 11.5 Å². The highest BCUT2D eigenvalue weighted by molar-refractivity contribution is 7.86. The number of nitro groups is 1. The summed E-state index contributed by atoms with van der Waals surface area (Å²) in [6.07, 6.45) is -18.1. The van der Waals surface area contributed by atoms with Crippen molar-refractivity contribution in [1.82, 2.24) is 0 Å². The van der Waals surface area contributed by atoms with E-state index in [1.165, 1.54) is 31.2 Å². The van der Waals surface area contributed by atoms with E-state index in [1.54, 1.807) is 113 Å². The number of hydrogen-bond acceptors (Lipinski definition) is 28. The lowest BCUT2D eigenvalue weighted by molar-refractivity contribution is -0.384. The molecule has 0 unspecified atom stereocenters. The van der Waals surface area contributed by atoms with Crippen molar-refractivity contribution in [2.24, 2.45) is 0 Å². The molecule has 0 amide bonds. The van der Waals surface area contributed by atoms with E-state index in [9.17, 15) is 41.3 Å². The van der Waals surface area contributed by atoms with Crippen molar-refractivity contribution in [2.75, 3.05) is 19.2 Å². The maximum Gasteiger partial charge on any atom is 0.338 e. The molecule has 114 heavy (non-hydrogen) atoms. The predicted octanol–water partition coefficient (Wildman–Crippen LogP) is 12.1. The fourth-order valence-corrected chi connectivity index (χ4v) is 17.7. The average molecular weight is 1650 g/mol. The second-order valence-corrected chi connectivity index (χ2v) is 40.1. The summed E-state index contributed by atoms with van der Waals surface area (Å²) in [6.45, 7) is 19.6. The molecule has 11 rings (SSSR count). The summed E-state index contributed by atoms with van der Waals surface area (Å²) in [5.74, 6) is -1.14. The van der Waals surface area contributed by atoms with Gasteiger partial charge in [0.05, 0.1) is 90.3 Å². The van der Waals surface area contributed by atoms with Gasteiger partial charge in [-0.1, -0.05) is 111 Å². The number of carbonyl (C=O) groups excluding carboxylic acids is 3. The first-order chi connectivity index (χ1) is 54.4. The quantitative estimate of drug-likeness (QED) is 0.00678. The first-order valence-corrected chi connectivity index (χ1v) is 46.2. The van der Waals surface area contributed by atoms with Gasteiger partial charge in [0.1, 0.15) is 53.6 Å². The van der Waals surface area contributed by atoms with Crippen molar-refractivity contribution in [3.63, 3.8) is 0 Å². The van der Waals surface area contributed by atoms with Crippen LogP contribution in [0.25, 0.3) is 0 Å². The van der Waals surface area contributed by atoms with Crippen molar-refractivity contribution in [3.8, 4) is 11.5 Å². The number of ketones is 1. The predicted molar refractivity (Wildman–Crippen MR) is 414 cm³/mol. The maximum absolute atomic E-state index is 14.2. The minimum Gasteiger partial charge on any atom is -0.468 e. The van der Waals surface area contributed by atoms with E-state index >= 15 is 0 Å². The molecule has 0 aromatic heterocycles. The van der Waals surface area contributed by atoms with Gasteiger partial charge in [-0.05, 0) is 127 Å². The molecule has 0 spiro atoms. The van der Waals surface area contributed by atoms with Gasteiger partial charge in [-0.3, -0.25) is 23.3 Å². The van der Waals surface area contributed by atoms with E-state index in [1.807, 2.05) is 44.2 Å². The largest absolute Gasteiger partial charge is 0.468 e. The first-order valence-electron chi connectivity index (χ1n) is 39.3. The van der Waals surface area contributed by atoms with E-state index in [2.05, 4.69) is 19.6 Å². The highest BCUT2D eigenvalue weighted by atomic mass is 32.2. The Morgan fingerprint density at radius 1 is 0.482 bits per heavy atom. The molecule has 5 aromatic rings. The number of Topliss-reactive ketones (excluding diaryl/α,β-unsaturated/α-hetero) is 1. The minimum atomic E-state index is -4.37. The van der Waals surface area contributed by atoms with Crippen LogP contribution in [0.3, 0.4) is 0 Å². The number of ether oxygens (including phenoxy) is 17. The number of esters is 2. The van der Waals surface area contributed by atoms with Crippen LogP contribution >= 0.6 is 0 Å². The molecule has 5 aromatic carbocycles. The molecule has 626 valence electrons. The van der Waals surface area contributed by atoms with Gasteiger partial charge in [0.2, 0.25) is 6.29 Å². The molecule has 0 saturated carbocycles. The Bertz CT molecular complexity index is 4100. The number of nitro benzene ring substituents is 1. The van der Waals surface area contributed by atoms with Crippen LogP contribution in [0.15, 0.2) is 140 Å². The van der Waals surface area contributed by atoms with E-state index in [0.29, 0.717) is 47.6 Å². The van der Waals surface area contributed by atoms with Crippen LogP contribution in [0, 0.1) is 10.1 Å². The van der Waals surface area contributed by atoms with Gasteiger partial charge in [0.25, 0.3) is 25.9 Å². The van der Waals surface area contributed by atoms with Gasteiger partial charge in [0.15, 0.2) is 44.3 Å². The van der Waals surface area contributed by atoms with Crippen molar-refractivity contribution >= 4 is 51.7 Å². The number of nitrogens with zero attached hydrogens (tertiary/aromatic N) is 1. The number of rotatable bonds is 37. The molecule has 6 saturated heterocycles. The molecule has 32 heteroatoms. The third-order valence-electron chi connectivity index (χ3n) is 20.7. The fourth-order valence-electron chi connectivity index (χ4n) is 14.5. The Morgan fingerprint density at radius 3 is 1.54 bits per heavy atom. The molecule has 29 nitrogen and oxygen atoms in total. The summed E-state index contributed by atoms with van der Waals surface area (Å²) in [4.78, 5) is 49.0. The van der Waals surface area contributed by atoms with Crippen molar-refractivity contribution in [2.45, 2.75) is 293 Å². The number of aryl methyl sites for hydroxylation is 1. The number of carbonyl (C=O) groups is 3. The summed E-state index contributed by atoms with van der Waals surface area (Å²) in [5.41, 5.74) is 2.10. The number of hydrogen-bond donors (Lipinski definition) is 0. The Balaban J connectivity index is 0.771. The monoisotopic (exact) mass is 1650 g/mol. The zero-order valence-electron chi connectivity index (χ0n) is 66.2. The van der Waals surface area contributed by atoms with Gasteiger partial charge in [-0.15, -0.1) is 0 Å². The highest BCUT2D eigenvalue weighted by Crippen LogP contribution is 2.40. The van der Waals surface area contributed by atoms with Crippen LogP contribution in [-0.2, 0) is 128 Å². The minimum absolute atomic E-state index is 0.0167. The molecule has 0 N–H and O–H groups in total. The molecule has 0 radical (unpaired) electrons. The van der Waals surface area contributed by atoms with Crippen molar-refractivity contribution in [1.29, 1.82) is 0 Å². The molecular weight excluding hydrogens is 1540 g/mol. The molecular formula is C82H109NO28S2Si. The lowest BCUT2D eigenvalue weighted by Crippen LogP contribution is -2.57. The van der Waals surface area contributed by atoms with Crippen LogP contribution in [0.2, 0.25) is 25.7 Å². The van der Waals surface area contributed by atoms with Crippen LogP contribution in [0.1, 0.15) is 140 Å². The van der Waals surface area contributed by atoms with Crippen molar-refractivity contribution in [3.05, 3.63) is 172 Å². The summed E-state index contributed by atoms with van der Waals surface area (Å²) in [5, 5.41) is 11.4. The van der Waals surface area contributed by atoms with Crippen LogP contribution < -0.4 is 9.47 Å².